The van der Waals surface area contributed by atoms with Crippen molar-refractivity contribution in [3.05, 3.63) is 0 Å². The van der Waals surface area contributed by atoms with Gasteiger partial charge in [0.1, 0.15) is 0 Å². The van der Waals surface area contributed by atoms with Gasteiger partial charge in [0.2, 0.25) is 0 Å². The van der Waals surface area contributed by atoms with Crippen LogP contribution < -0.4 is 11.5 Å². The van der Waals surface area contributed by atoms with Crippen LogP contribution in [0.15, 0.2) is 0 Å². The van der Waals surface area contributed by atoms with Gasteiger partial charge in [0.15, 0.2) is 0 Å². The van der Waals surface area contributed by atoms with E-state index in [1.807, 2.05) is 0 Å². The quantitative estimate of drug-likeness (QED) is 0.232. The van der Waals surface area contributed by atoms with E-state index in [1.54, 1.807) is 0 Å². The topological polar surface area (TPSA) is 52.0 Å². The summed E-state index contributed by atoms with van der Waals surface area (Å²) in [6.07, 6.45) is 22.7. The first-order valence-electron chi connectivity index (χ1n) is 14.5. The normalized spacial score (nSPS) is 33.8. The summed E-state index contributed by atoms with van der Waals surface area (Å²) in [6, 6.07) is 0.0210. The first-order valence-corrected chi connectivity index (χ1v) is 15.3. The number of hydrogen-bond acceptors (Lipinski definition) is 2. The number of rotatable bonds is 14. The van der Waals surface area contributed by atoms with Crippen molar-refractivity contribution >= 4 is 23.2 Å². The molecule has 0 aliphatic heterocycles. The van der Waals surface area contributed by atoms with Crippen molar-refractivity contribution in [2.75, 3.05) is 0 Å². The first-order chi connectivity index (χ1) is 15.6. The van der Waals surface area contributed by atoms with E-state index in [0.717, 1.165) is 32.1 Å². The zero-order chi connectivity index (χ0) is 24.6. The van der Waals surface area contributed by atoms with Gasteiger partial charge >= 0.3 is 0 Å². The number of alkyl halides is 2. The number of unbranched alkanes of at least 4 members (excludes halogenated alkanes) is 4. The number of hydrogen-bond donors (Lipinski definition) is 2. The van der Waals surface area contributed by atoms with Gasteiger partial charge in [-0.15, -0.1) is 23.2 Å². The molecular formula is C29H56Cl2N2. The molecule has 4 atom stereocenters. The molecule has 4 heteroatoms. The van der Waals surface area contributed by atoms with E-state index in [9.17, 15) is 0 Å². The highest BCUT2D eigenvalue weighted by atomic mass is 35.5. The largest absolute Gasteiger partial charge is 0.326 e. The van der Waals surface area contributed by atoms with Crippen LogP contribution in [0.3, 0.4) is 0 Å². The highest BCUT2D eigenvalue weighted by molar-refractivity contribution is 6.28. The lowest BCUT2D eigenvalue weighted by Gasteiger charge is -2.54. The monoisotopic (exact) mass is 502 g/mol. The van der Waals surface area contributed by atoms with E-state index in [2.05, 4.69) is 27.7 Å². The van der Waals surface area contributed by atoms with Gasteiger partial charge in [-0.05, 0) is 81.5 Å². The molecule has 0 aromatic rings. The zero-order valence-corrected chi connectivity index (χ0v) is 24.0. The lowest BCUT2D eigenvalue weighted by Crippen LogP contribution is -2.59. The summed E-state index contributed by atoms with van der Waals surface area (Å²) in [4.78, 5) is -0.817. The maximum atomic E-state index is 7.38. The fourth-order valence-electron chi connectivity index (χ4n) is 7.11. The molecule has 196 valence electrons. The first kappa shape index (κ1) is 29.7. The summed E-state index contributed by atoms with van der Waals surface area (Å²) in [5.41, 5.74) is 14.6. The van der Waals surface area contributed by atoms with Crippen molar-refractivity contribution in [1.82, 2.24) is 0 Å². The van der Waals surface area contributed by atoms with Gasteiger partial charge < -0.3 is 11.5 Å². The second kappa shape index (κ2) is 13.2. The van der Waals surface area contributed by atoms with E-state index >= 15 is 0 Å². The Labute approximate surface area is 216 Å². The van der Waals surface area contributed by atoms with Gasteiger partial charge in [-0.3, -0.25) is 0 Å². The Bertz CT molecular complexity index is 504. The summed E-state index contributed by atoms with van der Waals surface area (Å²) < 4.78 is 0. The van der Waals surface area contributed by atoms with Crippen molar-refractivity contribution < 1.29 is 0 Å². The van der Waals surface area contributed by atoms with Crippen LogP contribution in [0, 0.1) is 10.8 Å². The molecule has 2 rings (SSSR count). The van der Waals surface area contributed by atoms with Gasteiger partial charge in [0.25, 0.3) is 0 Å². The molecule has 2 aliphatic carbocycles. The molecule has 33 heavy (non-hydrogen) atoms. The highest BCUT2D eigenvalue weighted by Crippen LogP contribution is 2.56. The fraction of sp³-hybridized carbons (Fsp3) is 1.00. The lowest BCUT2D eigenvalue weighted by atomic mass is 9.59. The van der Waals surface area contributed by atoms with Gasteiger partial charge in [0.05, 0.1) is 9.75 Å². The van der Waals surface area contributed by atoms with Crippen LogP contribution in [0.4, 0.5) is 0 Å². The minimum Gasteiger partial charge on any atom is -0.326 e. The van der Waals surface area contributed by atoms with Crippen LogP contribution in [0.25, 0.3) is 0 Å². The van der Waals surface area contributed by atoms with Gasteiger partial charge in [-0.1, -0.05) is 79.1 Å². The van der Waals surface area contributed by atoms with Crippen LogP contribution in [0.2, 0.25) is 0 Å². The molecule has 4 unspecified atom stereocenters. The Hall–Kier alpha value is 0.500. The number of halogens is 2. The molecule has 2 saturated carbocycles. The predicted molar refractivity (Wildman–Crippen MR) is 148 cm³/mol. The molecule has 0 saturated heterocycles. The van der Waals surface area contributed by atoms with Crippen LogP contribution in [0.1, 0.15) is 150 Å². The van der Waals surface area contributed by atoms with E-state index in [1.165, 1.54) is 89.9 Å². The molecule has 0 radical (unpaired) electrons. The number of nitrogens with two attached hydrogens (primary N) is 2. The second-order valence-electron chi connectivity index (χ2n) is 12.3. The third-order valence-electron chi connectivity index (χ3n) is 9.61. The summed E-state index contributed by atoms with van der Waals surface area (Å²) in [7, 11) is 0. The summed E-state index contributed by atoms with van der Waals surface area (Å²) in [5, 5.41) is 0. The maximum absolute atomic E-state index is 7.38. The Morgan fingerprint density at radius 1 is 0.576 bits per heavy atom. The summed E-state index contributed by atoms with van der Waals surface area (Å²) in [5.74, 6) is 0. The molecule has 0 heterocycles. The predicted octanol–water partition coefficient (Wildman–Crippen LogP) is 9.09. The molecule has 4 N–H and O–H groups in total. The van der Waals surface area contributed by atoms with Crippen LogP contribution in [-0.2, 0) is 0 Å². The highest BCUT2D eigenvalue weighted by Gasteiger charge is 2.54. The molecule has 2 nitrogen and oxygen atoms in total. The third kappa shape index (κ3) is 7.74. The molecule has 0 aromatic heterocycles. The van der Waals surface area contributed by atoms with E-state index < -0.39 is 9.75 Å². The van der Waals surface area contributed by atoms with Crippen LogP contribution in [0.5, 0.6) is 0 Å². The lowest BCUT2D eigenvalue weighted by molar-refractivity contribution is 0.0754. The van der Waals surface area contributed by atoms with Gasteiger partial charge in [-0.2, -0.15) is 0 Å². The van der Waals surface area contributed by atoms with Crippen molar-refractivity contribution in [2.24, 2.45) is 22.3 Å². The Kier molecular flexibility index (Phi) is 11.9. The maximum Gasteiger partial charge on any atom is 0.0614 e. The smallest absolute Gasteiger partial charge is 0.0614 e. The van der Waals surface area contributed by atoms with Crippen molar-refractivity contribution in [3.63, 3.8) is 0 Å². The minimum absolute atomic E-state index is 0.0105. The van der Waals surface area contributed by atoms with Crippen LogP contribution >= 0.6 is 23.2 Å². The van der Waals surface area contributed by atoms with Crippen molar-refractivity contribution in [3.8, 4) is 0 Å². The summed E-state index contributed by atoms with van der Waals surface area (Å²) in [6.45, 7) is 9.19. The SMILES string of the molecule is CCCCC1(CCCC)CCC(Cl)(CC2(Cl)CCC(CCCC)(CCCC)CC2N)C(N)C1. The Balaban J connectivity index is 2.09. The molecule has 2 aliphatic rings. The molecule has 0 amide bonds. The third-order valence-corrected chi connectivity index (χ3v) is 10.8. The fourth-order valence-corrected chi connectivity index (χ4v) is 8.00. The molecule has 2 fully saturated rings. The van der Waals surface area contributed by atoms with Crippen molar-refractivity contribution in [2.45, 2.75) is 172 Å². The molecular weight excluding hydrogens is 447 g/mol. The zero-order valence-electron chi connectivity index (χ0n) is 22.5. The van der Waals surface area contributed by atoms with Gasteiger partial charge in [-0.25, -0.2) is 0 Å². The standard InChI is InChI=1S/C29H56Cl2N2/c1-5-9-13-26(14-10-6-2)17-19-28(30,24(32)21-26)23-29(31)20-18-27(15-11-7-3,16-12-8-4)22-25(29)33/h24-25H,5-23,32-33H2,1-4H3. The van der Waals surface area contributed by atoms with E-state index in [-0.39, 0.29) is 12.1 Å². The molecule has 0 spiro atoms. The molecule has 0 bridgehead atoms. The average Bonchev–Trinajstić information content (AvgIpc) is 2.79. The van der Waals surface area contributed by atoms with Crippen molar-refractivity contribution in [1.29, 1.82) is 0 Å². The Morgan fingerprint density at radius 2 is 0.879 bits per heavy atom. The van der Waals surface area contributed by atoms with Crippen LogP contribution in [-0.4, -0.2) is 21.8 Å². The Morgan fingerprint density at radius 3 is 1.12 bits per heavy atom. The average molecular weight is 504 g/mol. The second-order valence-corrected chi connectivity index (χ2v) is 13.8. The minimum atomic E-state index is -0.409. The van der Waals surface area contributed by atoms with E-state index in [0.29, 0.717) is 10.8 Å². The van der Waals surface area contributed by atoms with E-state index in [4.69, 9.17) is 34.7 Å². The molecule has 0 aromatic carbocycles. The van der Waals surface area contributed by atoms with Gasteiger partial charge in [0, 0.05) is 12.1 Å². The summed E-state index contributed by atoms with van der Waals surface area (Å²) >= 11 is 14.8.